The highest BCUT2D eigenvalue weighted by Crippen LogP contribution is 2.22. The molecule has 1 aromatic carbocycles. The van der Waals surface area contributed by atoms with E-state index in [1.807, 2.05) is 44.2 Å². The van der Waals surface area contributed by atoms with Gasteiger partial charge < -0.3 is 15.7 Å². The van der Waals surface area contributed by atoms with E-state index in [0.717, 1.165) is 21.3 Å². The predicted molar refractivity (Wildman–Crippen MR) is 116 cm³/mol. The van der Waals surface area contributed by atoms with E-state index in [0.29, 0.717) is 18.3 Å². The summed E-state index contributed by atoms with van der Waals surface area (Å²) < 4.78 is 1.04. The van der Waals surface area contributed by atoms with Crippen molar-refractivity contribution in [3.05, 3.63) is 64.9 Å². The standard InChI is InChI=1S/C21H24BrN5O/c1-14(2)19(13-28)26-21-25-18(16-6-4-8-23-12-16)10-20(27-21)24-11-15-5-3-7-17(22)9-15/h3-10,12,14,19,28H,11,13H2,1-2H3,(H2,24,25,26,27)/t19-/m1/s1. The lowest BCUT2D eigenvalue weighted by Gasteiger charge is -2.20. The van der Waals surface area contributed by atoms with Crippen LogP contribution in [0.5, 0.6) is 0 Å². The van der Waals surface area contributed by atoms with E-state index in [-0.39, 0.29) is 18.6 Å². The number of halogens is 1. The molecule has 7 heteroatoms. The second-order valence-corrected chi connectivity index (χ2v) is 7.78. The van der Waals surface area contributed by atoms with E-state index in [9.17, 15) is 5.11 Å². The highest BCUT2D eigenvalue weighted by atomic mass is 79.9. The number of aliphatic hydroxyl groups is 1. The number of aliphatic hydroxyl groups excluding tert-OH is 1. The van der Waals surface area contributed by atoms with Crippen molar-refractivity contribution in [3.63, 3.8) is 0 Å². The van der Waals surface area contributed by atoms with Crippen LogP contribution in [0.15, 0.2) is 59.3 Å². The summed E-state index contributed by atoms with van der Waals surface area (Å²) in [4.78, 5) is 13.4. The Balaban J connectivity index is 1.88. The van der Waals surface area contributed by atoms with Gasteiger partial charge in [-0.05, 0) is 35.7 Å². The Morgan fingerprint density at radius 2 is 1.96 bits per heavy atom. The van der Waals surface area contributed by atoms with Crippen molar-refractivity contribution in [2.45, 2.75) is 26.4 Å². The average Bonchev–Trinajstić information content (AvgIpc) is 2.71. The Labute approximate surface area is 173 Å². The summed E-state index contributed by atoms with van der Waals surface area (Å²) >= 11 is 3.50. The van der Waals surface area contributed by atoms with Crippen molar-refractivity contribution in [1.82, 2.24) is 15.0 Å². The van der Waals surface area contributed by atoms with Gasteiger partial charge in [0.2, 0.25) is 5.95 Å². The lowest BCUT2D eigenvalue weighted by molar-refractivity contribution is 0.248. The van der Waals surface area contributed by atoms with Gasteiger partial charge in [0.05, 0.1) is 18.3 Å². The zero-order valence-electron chi connectivity index (χ0n) is 15.9. The number of hydrogen-bond donors (Lipinski definition) is 3. The number of aromatic nitrogens is 3. The third kappa shape index (κ3) is 5.50. The molecule has 2 aromatic heterocycles. The zero-order chi connectivity index (χ0) is 19.9. The minimum atomic E-state index is -0.123. The van der Waals surface area contributed by atoms with E-state index in [2.05, 4.69) is 53.6 Å². The van der Waals surface area contributed by atoms with Gasteiger partial charge in [0, 0.05) is 35.0 Å². The minimum absolute atomic E-state index is 0.0128. The largest absolute Gasteiger partial charge is 0.394 e. The molecule has 3 N–H and O–H groups in total. The first-order valence-corrected chi connectivity index (χ1v) is 9.99. The topological polar surface area (TPSA) is 83.0 Å². The van der Waals surface area contributed by atoms with Crippen molar-refractivity contribution in [1.29, 1.82) is 0 Å². The lowest BCUT2D eigenvalue weighted by Crippen LogP contribution is -2.30. The zero-order valence-corrected chi connectivity index (χ0v) is 17.5. The van der Waals surface area contributed by atoms with E-state index in [1.165, 1.54) is 0 Å². The second-order valence-electron chi connectivity index (χ2n) is 6.86. The highest BCUT2D eigenvalue weighted by molar-refractivity contribution is 9.10. The Kier molecular flexibility index (Phi) is 6.95. The van der Waals surface area contributed by atoms with Crippen molar-refractivity contribution in [2.24, 2.45) is 5.92 Å². The fourth-order valence-electron chi connectivity index (χ4n) is 2.69. The van der Waals surface area contributed by atoms with Gasteiger partial charge in [0.15, 0.2) is 0 Å². The number of anilines is 2. The lowest BCUT2D eigenvalue weighted by atomic mass is 10.1. The molecular weight excluding hydrogens is 418 g/mol. The van der Waals surface area contributed by atoms with Crippen LogP contribution in [0.1, 0.15) is 19.4 Å². The molecular formula is C21H24BrN5O. The Bertz CT molecular complexity index is 904. The van der Waals surface area contributed by atoms with Gasteiger partial charge in [0.1, 0.15) is 5.82 Å². The molecule has 0 fully saturated rings. The summed E-state index contributed by atoms with van der Waals surface area (Å²) in [5.74, 6) is 1.43. The normalized spacial score (nSPS) is 12.0. The second kappa shape index (κ2) is 9.61. The molecule has 0 saturated heterocycles. The predicted octanol–water partition coefficient (Wildman–Crippen LogP) is 4.34. The molecule has 0 aliphatic heterocycles. The van der Waals surface area contributed by atoms with Crippen LogP contribution in [0.2, 0.25) is 0 Å². The van der Waals surface area contributed by atoms with Crippen LogP contribution in [-0.4, -0.2) is 32.7 Å². The number of rotatable bonds is 8. The van der Waals surface area contributed by atoms with Crippen LogP contribution < -0.4 is 10.6 Å². The first-order valence-electron chi connectivity index (χ1n) is 9.20. The molecule has 28 heavy (non-hydrogen) atoms. The van der Waals surface area contributed by atoms with E-state index >= 15 is 0 Å². The SMILES string of the molecule is CC(C)[C@@H](CO)Nc1nc(NCc2cccc(Br)c2)cc(-c2cccnc2)n1. The summed E-state index contributed by atoms with van der Waals surface area (Å²) in [5.41, 5.74) is 2.81. The van der Waals surface area contributed by atoms with Crippen LogP contribution in [-0.2, 0) is 6.54 Å². The number of pyridine rings is 1. The third-order valence-electron chi connectivity index (χ3n) is 4.36. The van der Waals surface area contributed by atoms with E-state index in [1.54, 1.807) is 12.4 Å². The van der Waals surface area contributed by atoms with Crippen molar-refractivity contribution in [2.75, 3.05) is 17.2 Å². The van der Waals surface area contributed by atoms with Crippen molar-refractivity contribution >= 4 is 27.7 Å². The fourth-order valence-corrected chi connectivity index (χ4v) is 3.14. The minimum Gasteiger partial charge on any atom is -0.394 e. The first kappa shape index (κ1) is 20.2. The maximum absolute atomic E-state index is 9.64. The van der Waals surface area contributed by atoms with Crippen LogP contribution >= 0.6 is 15.9 Å². The first-order chi connectivity index (χ1) is 13.5. The quantitative estimate of drug-likeness (QED) is 0.482. The van der Waals surface area contributed by atoms with Crippen molar-refractivity contribution < 1.29 is 5.11 Å². The monoisotopic (exact) mass is 441 g/mol. The van der Waals surface area contributed by atoms with Gasteiger partial charge in [0.25, 0.3) is 0 Å². The summed E-state index contributed by atoms with van der Waals surface area (Å²) in [6, 6.07) is 13.7. The summed E-state index contributed by atoms with van der Waals surface area (Å²) in [7, 11) is 0. The molecule has 0 bridgehead atoms. The molecule has 3 rings (SSSR count). The molecule has 0 amide bonds. The molecule has 0 unspecified atom stereocenters. The molecule has 1 atom stereocenters. The van der Waals surface area contributed by atoms with E-state index in [4.69, 9.17) is 0 Å². The molecule has 0 saturated carbocycles. The van der Waals surface area contributed by atoms with Gasteiger partial charge in [-0.1, -0.05) is 41.9 Å². The number of hydrogen-bond acceptors (Lipinski definition) is 6. The fraction of sp³-hybridized carbons (Fsp3) is 0.286. The Hall–Kier alpha value is -2.51. The third-order valence-corrected chi connectivity index (χ3v) is 4.86. The number of nitrogens with zero attached hydrogens (tertiary/aromatic N) is 3. The maximum atomic E-state index is 9.64. The number of benzene rings is 1. The number of nitrogens with one attached hydrogen (secondary N) is 2. The molecule has 0 aliphatic carbocycles. The van der Waals surface area contributed by atoms with Gasteiger partial charge >= 0.3 is 0 Å². The van der Waals surface area contributed by atoms with Crippen LogP contribution in [0.4, 0.5) is 11.8 Å². The van der Waals surface area contributed by atoms with Crippen LogP contribution in [0.3, 0.4) is 0 Å². The molecule has 0 spiro atoms. The van der Waals surface area contributed by atoms with Crippen LogP contribution in [0, 0.1) is 5.92 Å². The molecule has 3 aromatic rings. The van der Waals surface area contributed by atoms with Crippen molar-refractivity contribution in [3.8, 4) is 11.3 Å². The molecule has 0 radical (unpaired) electrons. The molecule has 146 valence electrons. The summed E-state index contributed by atoms with van der Waals surface area (Å²) in [6.07, 6.45) is 3.51. The van der Waals surface area contributed by atoms with E-state index < -0.39 is 0 Å². The average molecular weight is 442 g/mol. The van der Waals surface area contributed by atoms with Gasteiger partial charge in [-0.25, -0.2) is 4.98 Å². The molecule has 2 heterocycles. The summed E-state index contributed by atoms with van der Waals surface area (Å²) in [5, 5.41) is 16.3. The van der Waals surface area contributed by atoms with Gasteiger partial charge in [-0.2, -0.15) is 4.98 Å². The summed E-state index contributed by atoms with van der Waals surface area (Å²) in [6.45, 7) is 4.74. The molecule has 6 nitrogen and oxygen atoms in total. The Morgan fingerprint density at radius 3 is 2.64 bits per heavy atom. The van der Waals surface area contributed by atoms with Gasteiger partial charge in [-0.15, -0.1) is 0 Å². The maximum Gasteiger partial charge on any atom is 0.225 e. The van der Waals surface area contributed by atoms with Gasteiger partial charge in [-0.3, -0.25) is 4.98 Å². The van der Waals surface area contributed by atoms with Crippen LogP contribution in [0.25, 0.3) is 11.3 Å². The highest BCUT2D eigenvalue weighted by Gasteiger charge is 2.15. The smallest absolute Gasteiger partial charge is 0.225 e. The molecule has 0 aliphatic rings. The Morgan fingerprint density at radius 1 is 1.11 bits per heavy atom.